The summed E-state index contributed by atoms with van der Waals surface area (Å²) < 4.78 is 68.0. The van der Waals surface area contributed by atoms with Crippen LogP contribution in [0.3, 0.4) is 0 Å². The molecule has 0 radical (unpaired) electrons. The molecule has 1 amide bonds. The molecule has 0 fully saturated rings. The average molecular weight is 485 g/mol. The molecule has 0 aliphatic heterocycles. The maximum absolute atomic E-state index is 13.6. The fraction of sp³-hybridized carbons (Fsp3) is 0.227. The van der Waals surface area contributed by atoms with Crippen molar-refractivity contribution in [1.29, 1.82) is 0 Å². The smallest absolute Gasteiger partial charge is 0.310 e. The van der Waals surface area contributed by atoms with Gasteiger partial charge in [-0.05, 0) is 50.2 Å². The highest BCUT2D eigenvalue weighted by Gasteiger charge is 2.37. The molecule has 5 nitrogen and oxygen atoms in total. The Morgan fingerprint density at radius 3 is 2.48 bits per heavy atom. The van der Waals surface area contributed by atoms with Crippen molar-refractivity contribution in [1.82, 2.24) is 15.1 Å². The number of benzene rings is 2. The average Bonchev–Trinajstić information content (AvgIpc) is 3.05. The second-order valence-corrected chi connectivity index (χ2v) is 7.47. The van der Waals surface area contributed by atoms with Gasteiger partial charge in [0.15, 0.2) is 17.3 Å². The summed E-state index contributed by atoms with van der Waals surface area (Å²) in [6.45, 7) is 3.06. The number of carbonyl (C=O) groups is 1. The normalized spacial score (nSPS) is 12.2. The third kappa shape index (κ3) is 5.75. The van der Waals surface area contributed by atoms with Gasteiger partial charge < -0.3 is 5.32 Å². The van der Waals surface area contributed by atoms with Crippen LogP contribution >= 0.6 is 11.6 Å². The Labute approximate surface area is 190 Å². The van der Waals surface area contributed by atoms with Crippen molar-refractivity contribution >= 4 is 29.0 Å². The van der Waals surface area contributed by atoms with Gasteiger partial charge in [-0.15, -0.1) is 0 Å². The van der Waals surface area contributed by atoms with Crippen LogP contribution in [0.4, 0.5) is 27.6 Å². The number of aromatic nitrogens is 2. The van der Waals surface area contributed by atoms with E-state index in [1.165, 1.54) is 17.7 Å². The first kappa shape index (κ1) is 24.4. The fourth-order valence-electron chi connectivity index (χ4n) is 3.15. The molecule has 174 valence electrons. The number of hydrogen-bond donors (Lipinski definition) is 1. The maximum atomic E-state index is 13.6. The summed E-state index contributed by atoms with van der Waals surface area (Å²) in [6, 6.07) is 8.88. The van der Waals surface area contributed by atoms with E-state index in [9.17, 15) is 26.7 Å². The van der Waals surface area contributed by atoms with E-state index < -0.39 is 29.4 Å². The van der Waals surface area contributed by atoms with Gasteiger partial charge in [-0.25, -0.2) is 13.8 Å². The first-order valence-electron chi connectivity index (χ1n) is 9.72. The standard InChI is InChI=1S/C22H18ClF5N4O/c1-3-32-18(12(2)20(31-32)22(26,27)28)11-19(29-15-6-4-5-14(23)10-15)30-21(33)13-7-8-16(24)17(25)9-13/h4-10H,3,11H2,1-2H3,(H,29,30,33). The number of hydrogen-bond acceptors (Lipinski definition) is 3. The number of amides is 1. The highest BCUT2D eigenvalue weighted by atomic mass is 35.5. The zero-order chi connectivity index (χ0) is 24.3. The van der Waals surface area contributed by atoms with Crippen molar-refractivity contribution in [3.63, 3.8) is 0 Å². The molecule has 0 spiro atoms. The molecule has 2 aromatic carbocycles. The van der Waals surface area contributed by atoms with Gasteiger partial charge in [0, 0.05) is 34.8 Å². The fourth-order valence-corrected chi connectivity index (χ4v) is 3.34. The molecule has 0 saturated heterocycles. The van der Waals surface area contributed by atoms with Crippen molar-refractivity contribution in [3.8, 4) is 0 Å². The number of alkyl halides is 3. The van der Waals surface area contributed by atoms with Gasteiger partial charge in [0.25, 0.3) is 5.91 Å². The summed E-state index contributed by atoms with van der Waals surface area (Å²) >= 11 is 5.98. The van der Waals surface area contributed by atoms with Crippen LogP contribution < -0.4 is 5.32 Å². The van der Waals surface area contributed by atoms with Gasteiger partial charge >= 0.3 is 6.18 Å². The molecule has 0 bridgehead atoms. The molecule has 1 aromatic heterocycles. The molecule has 0 atom stereocenters. The number of aliphatic imine (C=N–C) groups is 1. The minimum absolute atomic E-state index is 0.0292. The number of halogens is 6. The zero-order valence-electron chi connectivity index (χ0n) is 17.5. The molecular weight excluding hydrogens is 467 g/mol. The lowest BCUT2D eigenvalue weighted by Gasteiger charge is -2.12. The molecule has 0 aliphatic carbocycles. The molecule has 0 saturated carbocycles. The van der Waals surface area contributed by atoms with Gasteiger partial charge in [0.2, 0.25) is 0 Å². The molecule has 3 aromatic rings. The summed E-state index contributed by atoms with van der Waals surface area (Å²) in [5.74, 6) is -3.18. The van der Waals surface area contributed by atoms with Gasteiger partial charge in [0.1, 0.15) is 5.84 Å². The van der Waals surface area contributed by atoms with Crippen LogP contribution in [0.2, 0.25) is 5.02 Å². The molecular formula is C22H18ClF5N4O. The van der Waals surface area contributed by atoms with E-state index in [2.05, 4.69) is 15.4 Å². The summed E-state index contributed by atoms with van der Waals surface area (Å²) in [4.78, 5) is 17.0. The van der Waals surface area contributed by atoms with Crippen molar-refractivity contribution in [3.05, 3.63) is 81.6 Å². The second-order valence-electron chi connectivity index (χ2n) is 7.03. The molecule has 1 N–H and O–H groups in total. The topological polar surface area (TPSA) is 59.3 Å². The van der Waals surface area contributed by atoms with E-state index in [1.54, 1.807) is 25.1 Å². The summed E-state index contributed by atoms with van der Waals surface area (Å²) in [7, 11) is 0. The molecule has 3 rings (SSSR count). The van der Waals surface area contributed by atoms with Crippen molar-refractivity contribution in [2.45, 2.75) is 33.0 Å². The minimum Gasteiger partial charge on any atom is -0.310 e. The molecule has 11 heteroatoms. The molecule has 0 unspecified atom stereocenters. The lowest BCUT2D eigenvalue weighted by Crippen LogP contribution is -2.33. The Kier molecular flexibility index (Phi) is 7.16. The van der Waals surface area contributed by atoms with Crippen LogP contribution in [-0.4, -0.2) is 21.5 Å². The number of nitrogens with zero attached hydrogens (tertiary/aromatic N) is 3. The van der Waals surface area contributed by atoms with Crippen LogP contribution in [-0.2, 0) is 19.1 Å². The monoisotopic (exact) mass is 484 g/mol. The third-order valence-corrected chi connectivity index (χ3v) is 4.97. The molecule has 0 aliphatic rings. The molecule has 33 heavy (non-hydrogen) atoms. The Morgan fingerprint density at radius 2 is 1.88 bits per heavy atom. The van der Waals surface area contributed by atoms with E-state index in [0.717, 1.165) is 12.1 Å². The van der Waals surface area contributed by atoms with Crippen LogP contribution in [0.5, 0.6) is 0 Å². The van der Waals surface area contributed by atoms with E-state index in [-0.39, 0.29) is 35.6 Å². The number of amidine groups is 1. The van der Waals surface area contributed by atoms with Crippen molar-refractivity contribution in [2.75, 3.05) is 0 Å². The Balaban J connectivity index is 2.02. The number of aryl methyl sites for hydroxylation is 1. The van der Waals surface area contributed by atoms with Gasteiger partial charge in [-0.2, -0.15) is 18.3 Å². The Hall–Kier alpha value is -3.27. The summed E-state index contributed by atoms with van der Waals surface area (Å²) in [6.07, 6.45) is -4.87. The second kappa shape index (κ2) is 9.70. The number of carbonyl (C=O) groups excluding carboxylic acids is 1. The van der Waals surface area contributed by atoms with E-state index in [4.69, 9.17) is 11.6 Å². The predicted octanol–water partition coefficient (Wildman–Crippen LogP) is 5.86. The van der Waals surface area contributed by atoms with E-state index in [1.807, 2.05) is 0 Å². The van der Waals surface area contributed by atoms with Crippen LogP contribution in [0.1, 0.15) is 34.2 Å². The Morgan fingerprint density at radius 1 is 1.15 bits per heavy atom. The highest BCUT2D eigenvalue weighted by molar-refractivity contribution is 6.30. The SMILES string of the molecule is CCn1nc(C(F)(F)F)c(C)c1CC(=Nc1cccc(Cl)c1)NC(=O)c1ccc(F)c(F)c1. The van der Waals surface area contributed by atoms with E-state index in [0.29, 0.717) is 16.8 Å². The third-order valence-electron chi connectivity index (χ3n) is 4.74. The quantitative estimate of drug-likeness (QED) is 0.280. The minimum atomic E-state index is -4.65. The number of rotatable bonds is 5. The van der Waals surface area contributed by atoms with Crippen molar-refractivity contribution < 1.29 is 26.7 Å². The first-order chi connectivity index (χ1) is 15.5. The van der Waals surface area contributed by atoms with Crippen molar-refractivity contribution in [2.24, 2.45) is 4.99 Å². The predicted molar refractivity (Wildman–Crippen MR) is 114 cm³/mol. The molecule has 1 heterocycles. The van der Waals surface area contributed by atoms with Gasteiger partial charge in [-0.3, -0.25) is 9.48 Å². The lowest BCUT2D eigenvalue weighted by molar-refractivity contribution is -0.141. The van der Waals surface area contributed by atoms with Gasteiger partial charge in [-0.1, -0.05) is 17.7 Å². The largest absolute Gasteiger partial charge is 0.435 e. The highest BCUT2D eigenvalue weighted by Crippen LogP contribution is 2.32. The lowest BCUT2D eigenvalue weighted by atomic mass is 10.1. The van der Waals surface area contributed by atoms with Crippen LogP contribution in [0, 0.1) is 18.6 Å². The number of nitrogens with one attached hydrogen (secondary N) is 1. The summed E-state index contributed by atoms with van der Waals surface area (Å²) in [5, 5.41) is 6.48. The van der Waals surface area contributed by atoms with Crippen LogP contribution in [0.25, 0.3) is 0 Å². The van der Waals surface area contributed by atoms with Crippen LogP contribution in [0.15, 0.2) is 47.5 Å². The first-order valence-corrected chi connectivity index (χ1v) is 10.1. The summed E-state index contributed by atoms with van der Waals surface area (Å²) in [5.41, 5.74) is -0.807. The Bertz CT molecular complexity index is 1220. The van der Waals surface area contributed by atoms with E-state index >= 15 is 0 Å². The zero-order valence-corrected chi connectivity index (χ0v) is 18.2. The maximum Gasteiger partial charge on any atom is 0.435 e. The van der Waals surface area contributed by atoms with Gasteiger partial charge in [0.05, 0.1) is 5.69 Å².